The topological polar surface area (TPSA) is 60.2 Å². The fraction of sp³-hybridized carbons (Fsp3) is 0.333. The molecule has 0 unspecified atom stereocenters. The van der Waals surface area contributed by atoms with Gasteiger partial charge in [-0.25, -0.2) is 0 Å². The van der Waals surface area contributed by atoms with Gasteiger partial charge in [-0.2, -0.15) is 0 Å². The lowest BCUT2D eigenvalue weighted by Gasteiger charge is -2.15. The lowest BCUT2D eigenvalue weighted by molar-refractivity contribution is -0.116. The summed E-state index contributed by atoms with van der Waals surface area (Å²) < 4.78 is 0. The fourth-order valence-corrected chi connectivity index (χ4v) is 1.46. The molecule has 2 N–H and O–H groups in total. The molecule has 0 amide bonds. The highest BCUT2D eigenvalue weighted by molar-refractivity contribution is 6.49. The maximum absolute atomic E-state index is 11.5. The number of carbonyl (C=O) groups excluding carboxylic acids is 2. The van der Waals surface area contributed by atoms with Crippen LogP contribution in [0, 0.1) is 0 Å². The number of hydrogen-bond acceptors (Lipinski definition) is 3. The second-order valence-electron chi connectivity index (χ2n) is 2.90. The second-order valence-corrected chi connectivity index (χ2v) is 3.28. The van der Waals surface area contributed by atoms with E-state index in [-0.39, 0.29) is 28.7 Å². The Morgan fingerprint density at radius 3 is 2.08 bits per heavy atom. The summed E-state index contributed by atoms with van der Waals surface area (Å²) in [5.41, 5.74) is 6.38. The van der Waals surface area contributed by atoms with E-state index in [0.717, 1.165) is 0 Å². The van der Waals surface area contributed by atoms with E-state index < -0.39 is 0 Å². The highest BCUT2D eigenvalue weighted by atomic mass is 35.5. The molecule has 1 aliphatic carbocycles. The van der Waals surface area contributed by atoms with Crippen molar-refractivity contribution in [1.29, 1.82) is 0 Å². The molecule has 3 nitrogen and oxygen atoms in total. The van der Waals surface area contributed by atoms with Crippen LogP contribution in [-0.4, -0.2) is 18.1 Å². The average Bonchev–Trinajstić information content (AvgIpc) is 2.13. The van der Waals surface area contributed by atoms with E-state index in [1.165, 1.54) is 0 Å². The Morgan fingerprint density at radius 1 is 1.15 bits per heavy atom. The summed E-state index contributed by atoms with van der Waals surface area (Å²) in [6, 6.07) is 0. The number of Topliss-reactive ketones (excluding diaryl/α,β-unsaturated/α-hetero) is 2. The Kier molecular flexibility index (Phi) is 2.68. The third kappa shape index (κ3) is 1.45. The number of halogens is 1. The van der Waals surface area contributed by atoms with Crippen LogP contribution < -0.4 is 5.73 Å². The summed E-state index contributed by atoms with van der Waals surface area (Å²) in [6.07, 6.45) is 0. The third-order valence-corrected chi connectivity index (χ3v) is 2.59. The van der Waals surface area contributed by atoms with Crippen molar-refractivity contribution in [2.75, 3.05) is 6.54 Å². The van der Waals surface area contributed by atoms with Gasteiger partial charge in [-0.05, 0) is 13.8 Å². The van der Waals surface area contributed by atoms with Crippen molar-refractivity contribution in [2.45, 2.75) is 13.8 Å². The van der Waals surface area contributed by atoms with Crippen LogP contribution in [0.15, 0.2) is 21.8 Å². The third-order valence-electron chi connectivity index (χ3n) is 2.19. The summed E-state index contributed by atoms with van der Waals surface area (Å²) in [5, 5.41) is -0.0319. The van der Waals surface area contributed by atoms with Gasteiger partial charge in [0.2, 0.25) is 5.78 Å². The van der Waals surface area contributed by atoms with Crippen LogP contribution in [0.2, 0.25) is 0 Å². The fourth-order valence-electron chi connectivity index (χ4n) is 1.15. The predicted octanol–water partition coefficient (Wildman–Crippen LogP) is 0.926. The minimum absolute atomic E-state index is 0.00796. The molecule has 0 saturated carbocycles. The van der Waals surface area contributed by atoms with Crippen LogP contribution in [-0.2, 0) is 9.59 Å². The van der Waals surface area contributed by atoms with Crippen molar-refractivity contribution >= 4 is 23.2 Å². The van der Waals surface area contributed by atoms with Crippen molar-refractivity contribution in [3.05, 3.63) is 21.8 Å². The summed E-state index contributed by atoms with van der Waals surface area (Å²) in [4.78, 5) is 22.9. The predicted molar refractivity (Wildman–Crippen MR) is 50.3 cm³/mol. The van der Waals surface area contributed by atoms with Gasteiger partial charge in [-0.15, -0.1) is 0 Å². The van der Waals surface area contributed by atoms with E-state index in [1.807, 2.05) is 0 Å². The van der Waals surface area contributed by atoms with Gasteiger partial charge in [0.25, 0.3) is 0 Å². The lowest BCUT2D eigenvalue weighted by atomic mass is 9.91. The zero-order valence-corrected chi connectivity index (χ0v) is 8.23. The van der Waals surface area contributed by atoms with Gasteiger partial charge in [0.1, 0.15) is 0 Å². The summed E-state index contributed by atoms with van der Waals surface area (Å²) in [5.74, 6) is -0.510. The molecule has 13 heavy (non-hydrogen) atoms. The zero-order valence-electron chi connectivity index (χ0n) is 7.48. The van der Waals surface area contributed by atoms with Gasteiger partial charge in [0.05, 0.1) is 5.03 Å². The molecule has 1 aliphatic rings. The van der Waals surface area contributed by atoms with Gasteiger partial charge < -0.3 is 5.73 Å². The summed E-state index contributed by atoms with van der Waals surface area (Å²) >= 11 is 5.68. The molecule has 0 aromatic heterocycles. The standard InChI is InChI=1S/C9H10ClNO2/c1-4-5(2)9(13)7(10)6(3-11)8(4)12/h3,11H2,1-2H3. The SMILES string of the molecule is CC1=C(C)C(=O)C(CN)=C(Cl)C1=O. The van der Waals surface area contributed by atoms with Crippen LogP contribution >= 0.6 is 11.6 Å². The van der Waals surface area contributed by atoms with Crippen LogP contribution in [0.1, 0.15) is 13.8 Å². The van der Waals surface area contributed by atoms with Gasteiger partial charge in [-0.1, -0.05) is 11.6 Å². The van der Waals surface area contributed by atoms with Crippen molar-refractivity contribution < 1.29 is 9.59 Å². The van der Waals surface area contributed by atoms with E-state index in [1.54, 1.807) is 13.8 Å². The minimum Gasteiger partial charge on any atom is -0.326 e. The van der Waals surface area contributed by atoms with E-state index >= 15 is 0 Å². The molecule has 0 heterocycles. The quantitative estimate of drug-likeness (QED) is 0.639. The van der Waals surface area contributed by atoms with E-state index in [2.05, 4.69) is 0 Å². The van der Waals surface area contributed by atoms with E-state index in [0.29, 0.717) is 11.1 Å². The number of nitrogens with two attached hydrogens (primary N) is 1. The highest BCUT2D eigenvalue weighted by Gasteiger charge is 2.28. The first-order valence-corrected chi connectivity index (χ1v) is 4.24. The Labute approximate surface area is 81.2 Å². The molecular formula is C9H10ClNO2. The highest BCUT2D eigenvalue weighted by Crippen LogP contribution is 2.25. The number of carbonyl (C=O) groups is 2. The molecule has 0 aliphatic heterocycles. The molecule has 1 rings (SSSR count). The number of rotatable bonds is 1. The molecule has 0 fully saturated rings. The Morgan fingerprint density at radius 2 is 1.62 bits per heavy atom. The Bertz CT molecular complexity index is 353. The van der Waals surface area contributed by atoms with Gasteiger partial charge in [0, 0.05) is 23.3 Å². The molecule has 0 atom stereocenters. The second kappa shape index (κ2) is 3.44. The van der Waals surface area contributed by atoms with Gasteiger partial charge in [0.15, 0.2) is 5.78 Å². The Hall–Kier alpha value is -0.930. The summed E-state index contributed by atoms with van der Waals surface area (Å²) in [6.45, 7) is 3.20. The Balaban J connectivity index is 3.29. The van der Waals surface area contributed by atoms with Crippen LogP contribution in [0.5, 0.6) is 0 Å². The van der Waals surface area contributed by atoms with Crippen LogP contribution in [0.3, 0.4) is 0 Å². The molecule has 0 radical (unpaired) electrons. The molecule has 4 heteroatoms. The zero-order chi connectivity index (χ0) is 10.2. The van der Waals surface area contributed by atoms with Gasteiger partial charge >= 0.3 is 0 Å². The molecule has 0 aromatic rings. The van der Waals surface area contributed by atoms with Crippen molar-refractivity contribution in [3.63, 3.8) is 0 Å². The minimum atomic E-state index is -0.292. The van der Waals surface area contributed by atoms with Crippen molar-refractivity contribution in [2.24, 2.45) is 5.73 Å². The molecule has 0 bridgehead atoms. The monoisotopic (exact) mass is 199 g/mol. The number of allylic oxidation sites excluding steroid dienone is 3. The van der Waals surface area contributed by atoms with Crippen LogP contribution in [0.25, 0.3) is 0 Å². The van der Waals surface area contributed by atoms with Crippen molar-refractivity contribution in [3.8, 4) is 0 Å². The average molecular weight is 200 g/mol. The first kappa shape index (κ1) is 10.2. The smallest absolute Gasteiger partial charge is 0.200 e. The van der Waals surface area contributed by atoms with E-state index in [4.69, 9.17) is 17.3 Å². The van der Waals surface area contributed by atoms with Crippen LogP contribution in [0.4, 0.5) is 0 Å². The van der Waals surface area contributed by atoms with E-state index in [9.17, 15) is 9.59 Å². The molecular weight excluding hydrogens is 190 g/mol. The lowest BCUT2D eigenvalue weighted by Crippen LogP contribution is -2.24. The first-order valence-electron chi connectivity index (χ1n) is 3.86. The number of ketones is 2. The molecule has 0 aromatic carbocycles. The summed E-state index contributed by atoms with van der Waals surface area (Å²) in [7, 11) is 0. The molecule has 0 spiro atoms. The first-order chi connectivity index (χ1) is 6.00. The van der Waals surface area contributed by atoms with Crippen molar-refractivity contribution in [1.82, 2.24) is 0 Å². The van der Waals surface area contributed by atoms with Gasteiger partial charge in [-0.3, -0.25) is 9.59 Å². The molecule has 0 saturated heterocycles. The maximum Gasteiger partial charge on any atom is 0.200 e. The largest absolute Gasteiger partial charge is 0.326 e. The molecule has 70 valence electrons. The normalized spacial score (nSPS) is 18.8. The maximum atomic E-state index is 11.5. The number of hydrogen-bond donors (Lipinski definition) is 1.